The predicted molar refractivity (Wildman–Crippen MR) is 64.6 cm³/mol. The third-order valence-corrected chi connectivity index (χ3v) is 3.26. The first-order valence-electron chi connectivity index (χ1n) is 5.19. The molecule has 0 radical (unpaired) electrons. The Hall–Kier alpha value is -0.0300. The van der Waals surface area contributed by atoms with E-state index in [0.717, 1.165) is 31.4 Å². The van der Waals surface area contributed by atoms with Gasteiger partial charge < -0.3 is 15.3 Å². The van der Waals surface area contributed by atoms with Crippen LogP contribution in [0.15, 0.2) is 12.7 Å². The summed E-state index contributed by atoms with van der Waals surface area (Å²) in [6, 6.07) is 0. The molecular weight excluding hydrogens is 212 g/mol. The molecule has 1 atom stereocenters. The van der Waals surface area contributed by atoms with Crippen molar-refractivity contribution in [3.8, 4) is 0 Å². The third-order valence-electron chi connectivity index (χ3n) is 1.82. The Morgan fingerprint density at radius 1 is 1.47 bits per heavy atom. The van der Waals surface area contributed by atoms with E-state index in [1.165, 1.54) is 13.8 Å². The minimum atomic E-state index is -1.50. The molecule has 0 amide bonds. The zero-order chi connectivity index (χ0) is 11.9. The number of rotatable bonds is 3. The first kappa shape index (κ1) is 15.0. The zero-order valence-electron chi connectivity index (χ0n) is 9.57. The maximum absolute atomic E-state index is 9.74. The first-order valence-corrected chi connectivity index (χ1v) is 6.17. The smallest absolute Gasteiger partial charge is 0.156 e. The normalized spacial score (nSPS) is 25.7. The lowest BCUT2D eigenvalue weighted by Crippen LogP contribution is -2.18. The molecule has 1 heterocycles. The van der Waals surface area contributed by atoms with Gasteiger partial charge in [0, 0.05) is 0 Å². The van der Waals surface area contributed by atoms with Gasteiger partial charge >= 0.3 is 0 Å². The van der Waals surface area contributed by atoms with E-state index in [-0.39, 0.29) is 0 Å². The highest BCUT2D eigenvalue weighted by molar-refractivity contribution is 8.00. The SMILES string of the molecule is C=CCCC1(O)CCCS1.CC(C)(O)O. The lowest BCUT2D eigenvalue weighted by molar-refractivity contribution is -0.127. The molecule has 4 heteroatoms. The van der Waals surface area contributed by atoms with Crippen LogP contribution in [0.2, 0.25) is 0 Å². The summed E-state index contributed by atoms with van der Waals surface area (Å²) in [5.74, 6) is -0.381. The molecule has 0 aromatic heterocycles. The van der Waals surface area contributed by atoms with Gasteiger partial charge in [0.05, 0.1) is 0 Å². The van der Waals surface area contributed by atoms with Gasteiger partial charge in [0.1, 0.15) is 4.93 Å². The number of hydrogen-bond donors (Lipinski definition) is 3. The quantitative estimate of drug-likeness (QED) is 0.515. The lowest BCUT2D eigenvalue weighted by atomic mass is 10.1. The summed E-state index contributed by atoms with van der Waals surface area (Å²) in [5.41, 5.74) is 0. The van der Waals surface area contributed by atoms with Gasteiger partial charge in [-0.05, 0) is 45.3 Å². The van der Waals surface area contributed by atoms with Crippen LogP contribution in [0.1, 0.15) is 39.5 Å². The molecule has 15 heavy (non-hydrogen) atoms. The molecule has 1 aliphatic rings. The molecule has 90 valence electrons. The van der Waals surface area contributed by atoms with Crippen LogP contribution in [-0.4, -0.2) is 31.8 Å². The standard InChI is InChI=1S/C8H14OS.C3H8O2/c1-2-3-5-8(9)6-4-7-10-8;1-3(2,4)5/h2,9H,1,3-7H2;4-5H,1-2H3. The van der Waals surface area contributed by atoms with Crippen LogP contribution in [0, 0.1) is 0 Å². The van der Waals surface area contributed by atoms with Crippen LogP contribution in [0.3, 0.4) is 0 Å². The van der Waals surface area contributed by atoms with Crippen LogP contribution in [0.25, 0.3) is 0 Å². The molecular formula is C11H22O3S. The van der Waals surface area contributed by atoms with Crippen molar-refractivity contribution in [2.45, 2.75) is 50.3 Å². The molecule has 1 fully saturated rings. The van der Waals surface area contributed by atoms with E-state index >= 15 is 0 Å². The number of aliphatic hydroxyl groups is 3. The first-order chi connectivity index (χ1) is 6.77. The molecule has 0 aromatic rings. The summed E-state index contributed by atoms with van der Waals surface area (Å²) in [5, 5.41) is 25.9. The molecule has 0 aliphatic carbocycles. The Labute approximate surface area is 96.2 Å². The average Bonchev–Trinajstić information content (AvgIpc) is 2.46. The summed E-state index contributed by atoms with van der Waals surface area (Å²) < 4.78 is 0. The summed E-state index contributed by atoms with van der Waals surface area (Å²) in [7, 11) is 0. The Kier molecular flexibility index (Phi) is 6.52. The van der Waals surface area contributed by atoms with Crippen LogP contribution in [-0.2, 0) is 0 Å². The molecule has 1 rings (SSSR count). The topological polar surface area (TPSA) is 60.7 Å². The molecule has 1 aliphatic heterocycles. The fourth-order valence-electron chi connectivity index (χ4n) is 1.21. The van der Waals surface area contributed by atoms with E-state index < -0.39 is 10.7 Å². The summed E-state index contributed by atoms with van der Waals surface area (Å²) in [6.45, 7) is 6.23. The molecule has 3 N–H and O–H groups in total. The lowest BCUT2D eigenvalue weighted by Gasteiger charge is -2.19. The summed E-state index contributed by atoms with van der Waals surface area (Å²) >= 11 is 1.69. The van der Waals surface area contributed by atoms with Gasteiger partial charge in [-0.15, -0.1) is 18.3 Å². The van der Waals surface area contributed by atoms with Crippen molar-refractivity contribution in [3.05, 3.63) is 12.7 Å². The number of hydrogen-bond acceptors (Lipinski definition) is 4. The second-order valence-electron chi connectivity index (χ2n) is 4.22. The van der Waals surface area contributed by atoms with Crippen molar-refractivity contribution in [2.75, 3.05) is 5.75 Å². The molecule has 3 nitrogen and oxygen atoms in total. The predicted octanol–water partition coefficient (Wildman–Crippen LogP) is 1.88. The van der Waals surface area contributed by atoms with Gasteiger partial charge in [-0.1, -0.05) is 6.08 Å². The van der Waals surface area contributed by atoms with Crippen molar-refractivity contribution < 1.29 is 15.3 Å². The summed E-state index contributed by atoms with van der Waals surface area (Å²) in [4.78, 5) is -0.409. The zero-order valence-corrected chi connectivity index (χ0v) is 10.4. The van der Waals surface area contributed by atoms with Gasteiger partial charge in [0.15, 0.2) is 5.79 Å². The Morgan fingerprint density at radius 3 is 2.33 bits per heavy atom. The van der Waals surface area contributed by atoms with Crippen molar-refractivity contribution in [2.24, 2.45) is 0 Å². The fourth-order valence-corrected chi connectivity index (χ4v) is 2.43. The van der Waals surface area contributed by atoms with Crippen molar-refractivity contribution in [1.82, 2.24) is 0 Å². The van der Waals surface area contributed by atoms with Crippen molar-refractivity contribution in [1.29, 1.82) is 0 Å². The van der Waals surface area contributed by atoms with Crippen LogP contribution in [0.4, 0.5) is 0 Å². The highest BCUT2D eigenvalue weighted by atomic mass is 32.2. The van der Waals surface area contributed by atoms with Crippen molar-refractivity contribution in [3.63, 3.8) is 0 Å². The fraction of sp³-hybridized carbons (Fsp3) is 0.818. The van der Waals surface area contributed by atoms with E-state index in [2.05, 4.69) is 6.58 Å². The summed E-state index contributed by atoms with van der Waals surface area (Å²) in [6.07, 6.45) is 5.81. The largest absolute Gasteiger partial charge is 0.380 e. The van der Waals surface area contributed by atoms with Gasteiger partial charge in [-0.25, -0.2) is 0 Å². The average molecular weight is 234 g/mol. The molecule has 0 saturated carbocycles. The monoisotopic (exact) mass is 234 g/mol. The van der Waals surface area contributed by atoms with Gasteiger partial charge in [0.25, 0.3) is 0 Å². The Bertz CT molecular complexity index is 175. The number of allylic oxidation sites excluding steroid dienone is 1. The van der Waals surface area contributed by atoms with Crippen LogP contribution < -0.4 is 0 Å². The third kappa shape index (κ3) is 10.3. The molecule has 1 unspecified atom stereocenters. The van der Waals surface area contributed by atoms with E-state index in [4.69, 9.17) is 10.2 Å². The number of thioether (sulfide) groups is 1. The Balaban J connectivity index is 0.000000336. The van der Waals surface area contributed by atoms with E-state index in [1.807, 2.05) is 6.08 Å². The van der Waals surface area contributed by atoms with Gasteiger partial charge in [-0.3, -0.25) is 0 Å². The highest BCUT2D eigenvalue weighted by Gasteiger charge is 2.30. The van der Waals surface area contributed by atoms with Crippen LogP contribution >= 0.6 is 11.8 Å². The minimum absolute atomic E-state index is 0.409. The van der Waals surface area contributed by atoms with E-state index in [1.54, 1.807) is 11.8 Å². The molecule has 0 spiro atoms. The van der Waals surface area contributed by atoms with E-state index in [0.29, 0.717) is 0 Å². The maximum Gasteiger partial charge on any atom is 0.156 e. The second kappa shape index (κ2) is 6.53. The maximum atomic E-state index is 9.74. The second-order valence-corrected chi connectivity index (χ2v) is 5.68. The van der Waals surface area contributed by atoms with Crippen LogP contribution in [0.5, 0.6) is 0 Å². The molecule has 0 bridgehead atoms. The highest BCUT2D eigenvalue weighted by Crippen LogP contribution is 2.39. The molecule has 0 aromatic carbocycles. The van der Waals surface area contributed by atoms with E-state index in [9.17, 15) is 5.11 Å². The van der Waals surface area contributed by atoms with Gasteiger partial charge in [-0.2, -0.15) is 0 Å². The molecule has 1 saturated heterocycles. The Morgan fingerprint density at radius 2 is 2.00 bits per heavy atom. The van der Waals surface area contributed by atoms with Crippen molar-refractivity contribution >= 4 is 11.8 Å². The minimum Gasteiger partial charge on any atom is -0.380 e. The van der Waals surface area contributed by atoms with Gasteiger partial charge in [0.2, 0.25) is 0 Å².